The van der Waals surface area contributed by atoms with Crippen LogP contribution < -0.4 is 5.32 Å². The summed E-state index contributed by atoms with van der Waals surface area (Å²) in [6.07, 6.45) is -0.295. The number of piperidine rings is 1. The van der Waals surface area contributed by atoms with Crippen LogP contribution in [0.15, 0.2) is 30.3 Å². The molecule has 1 saturated heterocycles. The van der Waals surface area contributed by atoms with E-state index in [1.54, 1.807) is 12.1 Å². The molecule has 0 radical (unpaired) electrons. The van der Waals surface area contributed by atoms with Crippen molar-refractivity contribution < 1.29 is 18.0 Å². The van der Waals surface area contributed by atoms with Gasteiger partial charge in [0.15, 0.2) is 0 Å². The SMILES string of the molecule is CC(C)(C)c1cc2n(n1)[C@@H](C(F)F)C[C@@H]([C@H]1CCCN(C(=O)Cc3ccc(F)cc3)C1)N2. The van der Waals surface area contributed by atoms with Crippen LogP contribution in [0.5, 0.6) is 0 Å². The summed E-state index contributed by atoms with van der Waals surface area (Å²) in [5, 5.41) is 7.93. The van der Waals surface area contributed by atoms with Gasteiger partial charge in [-0.3, -0.25) is 4.79 Å². The van der Waals surface area contributed by atoms with Gasteiger partial charge in [0, 0.05) is 30.6 Å². The standard InChI is InChI=1S/C24H31F3N4O/c1-24(2,3)20-13-21-28-18(12-19(23(26)27)31(21)29-20)16-5-4-10-30(14-16)22(32)11-15-6-8-17(25)9-7-15/h6-9,13,16,18-19,23,28H,4-5,10-12,14H2,1-3H3/t16-,18-,19+/m0/s1. The lowest BCUT2D eigenvalue weighted by Crippen LogP contribution is -2.48. The molecule has 0 aliphatic carbocycles. The van der Waals surface area contributed by atoms with Crippen molar-refractivity contribution in [3.63, 3.8) is 0 Å². The van der Waals surface area contributed by atoms with Crippen molar-refractivity contribution in [2.24, 2.45) is 5.92 Å². The zero-order valence-corrected chi connectivity index (χ0v) is 18.8. The van der Waals surface area contributed by atoms with Gasteiger partial charge in [0.2, 0.25) is 5.91 Å². The van der Waals surface area contributed by atoms with Crippen molar-refractivity contribution in [3.05, 3.63) is 47.4 Å². The number of carbonyl (C=O) groups is 1. The fourth-order valence-electron chi connectivity index (χ4n) is 4.70. The molecule has 2 aliphatic heterocycles. The van der Waals surface area contributed by atoms with E-state index in [-0.39, 0.29) is 41.9 Å². The Hall–Kier alpha value is -2.51. The minimum Gasteiger partial charge on any atom is -0.367 e. The van der Waals surface area contributed by atoms with Crippen LogP contribution in [0.2, 0.25) is 0 Å². The second kappa shape index (κ2) is 8.79. The number of amides is 1. The molecular formula is C24H31F3N4O. The van der Waals surface area contributed by atoms with Crippen LogP contribution in [0.25, 0.3) is 0 Å². The molecular weight excluding hydrogens is 417 g/mol. The van der Waals surface area contributed by atoms with Crippen molar-refractivity contribution >= 4 is 11.7 Å². The third-order valence-electron chi connectivity index (χ3n) is 6.59. The first-order valence-corrected chi connectivity index (χ1v) is 11.3. The summed E-state index contributed by atoms with van der Waals surface area (Å²) in [6.45, 7) is 7.24. The first-order chi connectivity index (χ1) is 15.1. The Labute approximate surface area is 187 Å². The number of carbonyl (C=O) groups excluding carboxylic acids is 1. The smallest absolute Gasteiger partial charge is 0.260 e. The number of likely N-dealkylation sites (tertiary alicyclic amines) is 1. The third-order valence-corrected chi connectivity index (χ3v) is 6.59. The summed E-state index contributed by atoms with van der Waals surface area (Å²) < 4.78 is 42.5. The van der Waals surface area contributed by atoms with Crippen LogP contribution >= 0.6 is 0 Å². The van der Waals surface area contributed by atoms with Crippen molar-refractivity contribution in [3.8, 4) is 0 Å². The molecule has 0 bridgehead atoms. The highest BCUT2D eigenvalue weighted by atomic mass is 19.3. The number of nitrogens with zero attached hydrogens (tertiary/aromatic N) is 3. The number of hydrogen-bond donors (Lipinski definition) is 1. The number of anilines is 1. The minimum atomic E-state index is -2.51. The second-order valence-corrected chi connectivity index (χ2v) is 10.0. The topological polar surface area (TPSA) is 50.2 Å². The van der Waals surface area contributed by atoms with Gasteiger partial charge < -0.3 is 10.2 Å². The zero-order chi connectivity index (χ0) is 23.0. The molecule has 1 aromatic carbocycles. The maximum Gasteiger partial charge on any atom is 0.260 e. The monoisotopic (exact) mass is 448 g/mol. The van der Waals surface area contributed by atoms with Crippen LogP contribution in [-0.4, -0.2) is 46.1 Å². The summed E-state index contributed by atoms with van der Waals surface area (Å²) in [5.41, 5.74) is 1.32. The van der Waals surface area contributed by atoms with Crippen LogP contribution in [0.4, 0.5) is 19.0 Å². The van der Waals surface area contributed by atoms with E-state index in [1.807, 2.05) is 31.7 Å². The Morgan fingerprint density at radius 1 is 1.25 bits per heavy atom. The lowest BCUT2D eigenvalue weighted by molar-refractivity contribution is -0.132. The van der Waals surface area contributed by atoms with Gasteiger partial charge in [-0.1, -0.05) is 32.9 Å². The van der Waals surface area contributed by atoms with Gasteiger partial charge in [-0.15, -0.1) is 0 Å². The molecule has 2 aliphatic rings. The predicted molar refractivity (Wildman–Crippen MR) is 117 cm³/mol. The normalized spacial score (nSPS) is 23.7. The maximum absolute atomic E-state index is 13.9. The molecule has 0 unspecified atom stereocenters. The van der Waals surface area contributed by atoms with E-state index in [0.717, 1.165) is 24.1 Å². The lowest BCUT2D eigenvalue weighted by Gasteiger charge is -2.41. The molecule has 1 N–H and O–H groups in total. The molecule has 5 nitrogen and oxygen atoms in total. The van der Waals surface area contributed by atoms with Gasteiger partial charge >= 0.3 is 0 Å². The first kappa shape index (κ1) is 22.7. The van der Waals surface area contributed by atoms with E-state index >= 15 is 0 Å². The number of aromatic nitrogens is 2. The Morgan fingerprint density at radius 2 is 1.97 bits per heavy atom. The summed E-state index contributed by atoms with van der Waals surface area (Å²) in [7, 11) is 0. The van der Waals surface area contributed by atoms with E-state index in [4.69, 9.17) is 0 Å². The number of alkyl halides is 2. The second-order valence-electron chi connectivity index (χ2n) is 10.0. The summed E-state index contributed by atoms with van der Waals surface area (Å²) in [6, 6.07) is 6.71. The molecule has 3 heterocycles. The average molecular weight is 449 g/mol. The van der Waals surface area contributed by atoms with Gasteiger partial charge in [0.05, 0.1) is 12.1 Å². The average Bonchev–Trinajstić information content (AvgIpc) is 3.19. The quantitative estimate of drug-likeness (QED) is 0.732. The van der Waals surface area contributed by atoms with Gasteiger partial charge in [0.1, 0.15) is 17.7 Å². The van der Waals surface area contributed by atoms with Crippen molar-refractivity contribution in [1.82, 2.24) is 14.7 Å². The summed E-state index contributed by atoms with van der Waals surface area (Å²) in [5.74, 6) is 0.378. The minimum absolute atomic E-state index is 0.0115. The molecule has 2 aromatic rings. The Balaban J connectivity index is 1.47. The molecule has 174 valence electrons. The molecule has 0 spiro atoms. The van der Waals surface area contributed by atoms with E-state index in [9.17, 15) is 18.0 Å². The fourth-order valence-corrected chi connectivity index (χ4v) is 4.70. The van der Waals surface area contributed by atoms with Crippen molar-refractivity contribution in [2.45, 2.75) is 70.4 Å². The highest BCUT2D eigenvalue weighted by Gasteiger charge is 2.39. The fraction of sp³-hybridized carbons (Fsp3) is 0.583. The Kier molecular flexibility index (Phi) is 6.23. The molecule has 0 saturated carbocycles. The van der Waals surface area contributed by atoms with Gasteiger partial charge in [0.25, 0.3) is 6.43 Å². The molecule has 4 rings (SSSR count). The zero-order valence-electron chi connectivity index (χ0n) is 18.8. The van der Waals surface area contributed by atoms with E-state index < -0.39 is 12.5 Å². The number of hydrogen-bond acceptors (Lipinski definition) is 3. The van der Waals surface area contributed by atoms with Crippen LogP contribution in [0, 0.1) is 11.7 Å². The van der Waals surface area contributed by atoms with Crippen molar-refractivity contribution in [2.75, 3.05) is 18.4 Å². The van der Waals surface area contributed by atoms with Gasteiger partial charge in [-0.25, -0.2) is 17.9 Å². The number of halogens is 3. The van der Waals surface area contributed by atoms with Crippen LogP contribution in [-0.2, 0) is 16.6 Å². The van der Waals surface area contributed by atoms with E-state index in [1.165, 1.54) is 16.8 Å². The van der Waals surface area contributed by atoms with Crippen LogP contribution in [0.3, 0.4) is 0 Å². The largest absolute Gasteiger partial charge is 0.367 e. The number of benzene rings is 1. The van der Waals surface area contributed by atoms with Crippen molar-refractivity contribution in [1.29, 1.82) is 0 Å². The number of nitrogens with one attached hydrogen (secondary N) is 1. The Bertz CT molecular complexity index is 951. The van der Waals surface area contributed by atoms with E-state index in [0.29, 0.717) is 18.9 Å². The summed E-state index contributed by atoms with van der Waals surface area (Å²) >= 11 is 0. The Morgan fingerprint density at radius 3 is 2.62 bits per heavy atom. The molecule has 8 heteroatoms. The third kappa shape index (κ3) is 4.79. The molecule has 1 amide bonds. The molecule has 3 atom stereocenters. The highest BCUT2D eigenvalue weighted by molar-refractivity contribution is 5.78. The first-order valence-electron chi connectivity index (χ1n) is 11.3. The molecule has 1 fully saturated rings. The molecule has 32 heavy (non-hydrogen) atoms. The van der Waals surface area contributed by atoms with Gasteiger partial charge in [-0.2, -0.15) is 5.10 Å². The van der Waals surface area contributed by atoms with E-state index in [2.05, 4.69) is 10.4 Å². The number of fused-ring (bicyclic) bond motifs is 1. The van der Waals surface area contributed by atoms with Gasteiger partial charge in [-0.05, 0) is 42.9 Å². The summed E-state index contributed by atoms with van der Waals surface area (Å²) in [4.78, 5) is 14.7. The highest BCUT2D eigenvalue weighted by Crippen LogP contribution is 2.38. The lowest BCUT2D eigenvalue weighted by atomic mass is 9.85. The predicted octanol–water partition coefficient (Wildman–Crippen LogP) is 4.79. The maximum atomic E-state index is 13.9. The molecule has 1 aromatic heterocycles. The number of rotatable bonds is 4. The van der Waals surface area contributed by atoms with Crippen LogP contribution in [0.1, 0.15) is 57.3 Å².